The van der Waals surface area contributed by atoms with Gasteiger partial charge in [-0.15, -0.1) is 0 Å². The first kappa shape index (κ1) is 6.85. The van der Waals surface area contributed by atoms with Crippen LogP contribution in [0.25, 0.3) is 0 Å². The van der Waals surface area contributed by atoms with Crippen molar-refractivity contribution in [3.05, 3.63) is 4.91 Å². The highest BCUT2D eigenvalue weighted by molar-refractivity contribution is 5.94. The quantitative estimate of drug-likeness (QED) is 0.306. The van der Waals surface area contributed by atoms with Crippen LogP contribution in [-0.4, -0.2) is 18.5 Å². The SMILES string of the molecule is O=NCC1CC(=O)OC1=O. The van der Waals surface area contributed by atoms with E-state index in [0.717, 1.165) is 0 Å². The summed E-state index contributed by atoms with van der Waals surface area (Å²) in [5, 5.41) is 2.50. The maximum Gasteiger partial charge on any atom is 0.319 e. The third-order valence-electron chi connectivity index (χ3n) is 1.26. The van der Waals surface area contributed by atoms with Crippen LogP contribution >= 0.6 is 0 Å². The molecule has 0 bridgehead atoms. The first-order chi connectivity index (χ1) is 4.74. The Morgan fingerprint density at radius 3 is 2.70 bits per heavy atom. The largest absolute Gasteiger partial charge is 0.393 e. The van der Waals surface area contributed by atoms with Gasteiger partial charge in [0.2, 0.25) is 0 Å². The van der Waals surface area contributed by atoms with Gasteiger partial charge >= 0.3 is 11.9 Å². The van der Waals surface area contributed by atoms with Crippen LogP contribution < -0.4 is 0 Å². The van der Waals surface area contributed by atoms with E-state index in [1.807, 2.05) is 0 Å². The minimum Gasteiger partial charge on any atom is -0.393 e. The molecule has 1 atom stereocenters. The minimum atomic E-state index is -0.635. The van der Waals surface area contributed by atoms with Crippen LogP contribution in [0.15, 0.2) is 5.18 Å². The van der Waals surface area contributed by atoms with Gasteiger partial charge in [-0.25, -0.2) is 0 Å². The van der Waals surface area contributed by atoms with Crippen molar-refractivity contribution in [3.8, 4) is 0 Å². The van der Waals surface area contributed by atoms with Gasteiger partial charge in [-0.1, -0.05) is 5.18 Å². The van der Waals surface area contributed by atoms with E-state index in [4.69, 9.17) is 0 Å². The van der Waals surface area contributed by atoms with E-state index < -0.39 is 17.9 Å². The number of cyclic esters (lactones) is 2. The van der Waals surface area contributed by atoms with Crippen LogP contribution in [0, 0.1) is 10.8 Å². The lowest BCUT2D eigenvalue weighted by Crippen LogP contribution is -2.10. The Morgan fingerprint density at radius 1 is 1.60 bits per heavy atom. The predicted molar refractivity (Wildman–Crippen MR) is 29.9 cm³/mol. The van der Waals surface area contributed by atoms with Crippen molar-refractivity contribution < 1.29 is 14.3 Å². The van der Waals surface area contributed by atoms with E-state index in [0.29, 0.717) is 0 Å². The van der Waals surface area contributed by atoms with Gasteiger partial charge in [-0.2, -0.15) is 4.91 Å². The number of ether oxygens (including phenoxy) is 1. The second-order valence-electron chi connectivity index (χ2n) is 2.01. The van der Waals surface area contributed by atoms with Gasteiger partial charge in [-0.3, -0.25) is 9.59 Å². The summed E-state index contributed by atoms with van der Waals surface area (Å²) in [4.78, 5) is 30.5. The molecule has 0 spiro atoms. The number of nitroso groups, excluding NO2 is 1. The fourth-order valence-electron chi connectivity index (χ4n) is 0.751. The molecule has 0 aliphatic carbocycles. The number of rotatable bonds is 2. The van der Waals surface area contributed by atoms with E-state index >= 15 is 0 Å². The molecule has 10 heavy (non-hydrogen) atoms. The van der Waals surface area contributed by atoms with E-state index in [9.17, 15) is 14.5 Å². The molecule has 1 saturated heterocycles. The molecule has 0 aromatic carbocycles. The highest BCUT2D eigenvalue weighted by Crippen LogP contribution is 2.15. The van der Waals surface area contributed by atoms with E-state index in [1.165, 1.54) is 0 Å². The number of nitrogens with zero attached hydrogens (tertiary/aromatic N) is 1. The summed E-state index contributed by atoms with van der Waals surface area (Å²) in [6.07, 6.45) is -0.00935. The topological polar surface area (TPSA) is 72.8 Å². The highest BCUT2D eigenvalue weighted by atomic mass is 16.6. The molecule has 0 aromatic rings. The molecule has 0 saturated carbocycles. The van der Waals surface area contributed by atoms with Crippen molar-refractivity contribution in [2.24, 2.45) is 11.1 Å². The standard InChI is InChI=1S/C5H5NO4/c7-4-1-3(2-6-9)5(8)10-4/h3H,1-2H2. The van der Waals surface area contributed by atoms with Crippen LogP contribution in [0.5, 0.6) is 0 Å². The summed E-state index contributed by atoms with van der Waals surface area (Å²) in [7, 11) is 0. The molecule has 1 heterocycles. The average molecular weight is 143 g/mol. The highest BCUT2D eigenvalue weighted by Gasteiger charge is 2.33. The first-order valence-electron chi connectivity index (χ1n) is 2.77. The van der Waals surface area contributed by atoms with Gasteiger partial charge < -0.3 is 4.74 Å². The molecule has 54 valence electrons. The predicted octanol–water partition coefficient (Wildman–Crippen LogP) is -0.157. The van der Waals surface area contributed by atoms with Crippen LogP contribution in [-0.2, 0) is 14.3 Å². The normalized spacial score (nSPS) is 24.6. The number of hydrogen-bond donors (Lipinski definition) is 0. The number of carbonyl (C=O) groups excluding carboxylic acids is 2. The molecule has 0 aromatic heterocycles. The Morgan fingerprint density at radius 2 is 2.30 bits per heavy atom. The zero-order valence-corrected chi connectivity index (χ0v) is 5.07. The Hall–Kier alpha value is -1.26. The van der Waals surface area contributed by atoms with Gasteiger partial charge in [-0.05, 0) is 0 Å². The smallest absolute Gasteiger partial charge is 0.319 e. The number of esters is 2. The maximum absolute atomic E-state index is 10.5. The number of carbonyl (C=O) groups is 2. The van der Waals surface area contributed by atoms with Crippen LogP contribution in [0.1, 0.15) is 6.42 Å². The van der Waals surface area contributed by atoms with Crippen LogP contribution in [0.4, 0.5) is 0 Å². The molecule has 1 aliphatic rings. The second kappa shape index (κ2) is 2.55. The van der Waals surface area contributed by atoms with Crippen molar-refractivity contribution in [2.75, 3.05) is 6.54 Å². The van der Waals surface area contributed by atoms with Gasteiger partial charge in [0.05, 0.1) is 18.9 Å². The molecule has 0 amide bonds. The minimum absolute atomic E-state index is 0.00935. The summed E-state index contributed by atoms with van der Waals surface area (Å²) < 4.78 is 4.15. The molecular weight excluding hydrogens is 138 g/mol. The Kier molecular flexibility index (Phi) is 1.75. The average Bonchev–Trinajstić information content (AvgIpc) is 2.13. The van der Waals surface area contributed by atoms with Gasteiger partial charge in [0.15, 0.2) is 0 Å². The summed E-state index contributed by atoms with van der Waals surface area (Å²) in [5.74, 6) is -1.84. The van der Waals surface area contributed by atoms with Crippen molar-refractivity contribution in [1.29, 1.82) is 0 Å². The summed E-state index contributed by atoms with van der Waals surface area (Å²) in [6.45, 7) is -0.162. The monoisotopic (exact) mass is 143 g/mol. The van der Waals surface area contributed by atoms with Crippen molar-refractivity contribution in [2.45, 2.75) is 6.42 Å². The summed E-state index contributed by atoms with van der Waals surface area (Å²) in [6, 6.07) is 0. The maximum atomic E-state index is 10.5. The molecule has 1 unspecified atom stereocenters. The zero-order chi connectivity index (χ0) is 7.56. The lowest BCUT2D eigenvalue weighted by Gasteiger charge is -1.92. The van der Waals surface area contributed by atoms with Gasteiger partial charge in [0.25, 0.3) is 0 Å². The third-order valence-corrected chi connectivity index (χ3v) is 1.26. The Balaban J connectivity index is 2.54. The summed E-state index contributed by atoms with van der Waals surface area (Å²) in [5.41, 5.74) is 0. The molecule has 0 N–H and O–H groups in total. The van der Waals surface area contributed by atoms with Crippen molar-refractivity contribution in [3.63, 3.8) is 0 Å². The lowest BCUT2D eigenvalue weighted by atomic mass is 10.1. The first-order valence-corrected chi connectivity index (χ1v) is 2.77. The van der Waals surface area contributed by atoms with E-state index in [1.54, 1.807) is 0 Å². The van der Waals surface area contributed by atoms with Gasteiger partial charge in [0, 0.05) is 0 Å². The molecule has 1 fully saturated rings. The molecular formula is C5H5NO4. The molecule has 1 aliphatic heterocycles. The van der Waals surface area contributed by atoms with Crippen LogP contribution in [0.3, 0.4) is 0 Å². The second-order valence-corrected chi connectivity index (χ2v) is 2.01. The molecule has 5 heteroatoms. The van der Waals surface area contributed by atoms with E-state index in [2.05, 4.69) is 9.91 Å². The fraction of sp³-hybridized carbons (Fsp3) is 0.600. The summed E-state index contributed by atoms with van der Waals surface area (Å²) >= 11 is 0. The number of hydrogen-bond acceptors (Lipinski definition) is 5. The van der Waals surface area contributed by atoms with Crippen LogP contribution in [0.2, 0.25) is 0 Å². The zero-order valence-electron chi connectivity index (χ0n) is 5.07. The van der Waals surface area contributed by atoms with E-state index in [-0.39, 0.29) is 13.0 Å². The molecule has 5 nitrogen and oxygen atoms in total. The van der Waals surface area contributed by atoms with Gasteiger partial charge in [0.1, 0.15) is 0 Å². The Bertz CT molecular complexity index is 188. The molecule has 0 radical (unpaired) electrons. The fourth-order valence-corrected chi connectivity index (χ4v) is 0.751. The molecule has 1 rings (SSSR count). The van der Waals surface area contributed by atoms with Crippen molar-refractivity contribution in [1.82, 2.24) is 0 Å². The third kappa shape index (κ3) is 1.18. The lowest BCUT2D eigenvalue weighted by molar-refractivity contribution is -0.153. The Labute approximate surface area is 56.3 Å². The van der Waals surface area contributed by atoms with Crippen molar-refractivity contribution >= 4 is 11.9 Å².